The molecular weight excluding hydrogens is 236 g/mol. The molecule has 0 aliphatic carbocycles. The first-order valence-corrected chi connectivity index (χ1v) is 7.55. The molecule has 0 aromatic heterocycles. The molecule has 0 bridgehead atoms. The van der Waals surface area contributed by atoms with Crippen LogP contribution in [-0.2, 0) is 16.6 Å². The Morgan fingerprint density at radius 3 is 2.59 bits per heavy atom. The zero-order valence-electron chi connectivity index (χ0n) is 9.72. The molecule has 17 heavy (non-hydrogen) atoms. The fourth-order valence-electron chi connectivity index (χ4n) is 1.75. The van der Waals surface area contributed by atoms with Crippen molar-refractivity contribution >= 4 is 10.0 Å². The molecule has 0 amide bonds. The standard InChI is InChI=1S/C12H18N2O2S/c15-17(16,9-7-12-6-8-13-12)14-10-11-4-2-1-3-5-11/h1-5,12-14H,6-10H2. The molecule has 1 aromatic rings. The molecule has 1 aliphatic rings. The van der Waals surface area contributed by atoms with Crippen LogP contribution in [0.4, 0.5) is 0 Å². The Labute approximate surface area is 102 Å². The van der Waals surface area contributed by atoms with Gasteiger partial charge in [-0.25, -0.2) is 13.1 Å². The molecule has 1 aliphatic heterocycles. The molecule has 1 unspecified atom stereocenters. The summed E-state index contributed by atoms with van der Waals surface area (Å²) in [5, 5.41) is 3.20. The van der Waals surface area contributed by atoms with E-state index in [4.69, 9.17) is 0 Å². The maximum Gasteiger partial charge on any atom is 0.211 e. The summed E-state index contributed by atoms with van der Waals surface area (Å²) < 4.78 is 26.0. The monoisotopic (exact) mass is 254 g/mol. The summed E-state index contributed by atoms with van der Waals surface area (Å²) in [5.41, 5.74) is 0.984. The fraction of sp³-hybridized carbons (Fsp3) is 0.500. The second kappa shape index (κ2) is 5.62. The molecule has 94 valence electrons. The van der Waals surface area contributed by atoms with Gasteiger partial charge < -0.3 is 5.32 Å². The second-order valence-electron chi connectivity index (χ2n) is 4.35. The average molecular weight is 254 g/mol. The van der Waals surface area contributed by atoms with E-state index in [-0.39, 0.29) is 5.75 Å². The molecule has 0 saturated carbocycles. The first-order chi connectivity index (χ1) is 8.16. The molecule has 0 radical (unpaired) electrons. The van der Waals surface area contributed by atoms with Gasteiger partial charge in [-0.1, -0.05) is 30.3 Å². The highest BCUT2D eigenvalue weighted by Gasteiger charge is 2.19. The number of hydrogen-bond donors (Lipinski definition) is 2. The minimum Gasteiger partial charge on any atom is -0.314 e. The van der Waals surface area contributed by atoms with Crippen molar-refractivity contribution in [3.05, 3.63) is 35.9 Å². The van der Waals surface area contributed by atoms with Crippen LogP contribution in [0.25, 0.3) is 0 Å². The van der Waals surface area contributed by atoms with Gasteiger partial charge in [0, 0.05) is 12.6 Å². The van der Waals surface area contributed by atoms with Crippen LogP contribution in [0, 0.1) is 0 Å². The lowest BCUT2D eigenvalue weighted by atomic mass is 10.1. The van der Waals surface area contributed by atoms with E-state index in [0.717, 1.165) is 18.5 Å². The summed E-state index contributed by atoms with van der Waals surface area (Å²) in [6.07, 6.45) is 1.79. The Hall–Kier alpha value is -0.910. The third-order valence-electron chi connectivity index (χ3n) is 3.00. The Bertz CT molecular complexity index is 441. The molecular formula is C12H18N2O2S. The van der Waals surface area contributed by atoms with Gasteiger partial charge in [0.05, 0.1) is 5.75 Å². The highest BCUT2D eigenvalue weighted by atomic mass is 32.2. The van der Waals surface area contributed by atoms with Crippen molar-refractivity contribution in [1.82, 2.24) is 10.0 Å². The van der Waals surface area contributed by atoms with Crippen molar-refractivity contribution in [1.29, 1.82) is 0 Å². The van der Waals surface area contributed by atoms with E-state index in [1.807, 2.05) is 30.3 Å². The maximum atomic E-state index is 11.7. The normalized spacial score (nSPS) is 19.9. The number of benzene rings is 1. The number of hydrogen-bond acceptors (Lipinski definition) is 3. The smallest absolute Gasteiger partial charge is 0.211 e. The Balaban J connectivity index is 1.76. The summed E-state index contributed by atoms with van der Waals surface area (Å²) in [6, 6.07) is 9.94. The molecule has 1 aromatic carbocycles. The zero-order valence-corrected chi connectivity index (χ0v) is 10.5. The van der Waals surface area contributed by atoms with Crippen LogP contribution in [0.3, 0.4) is 0 Å². The zero-order chi connectivity index (χ0) is 12.1. The first-order valence-electron chi connectivity index (χ1n) is 5.90. The van der Waals surface area contributed by atoms with E-state index < -0.39 is 10.0 Å². The van der Waals surface area contributed by atoms with Crippen LogP contribution in [0.1, 0.15) is 18.4 Å². The summed E-state index contributed by atoms with van der Waals surface area (Å²) in [7, 11) is -3.14. The van der Waals surface area contributed by atoms with Crippen molar-refractivity contribution in [3.63, 3.8) is 0 Å². The fourth-order valence-corrected chi connectivity index (χ4v) is 2.88. The van der Waals surface area contributed by atoms with Gasteiger partial charge in [0.1, 0.15) is 0 Å². The minimum absolute atomic E-state index is 0.206. The number of rotatable bonds is 6. The Kier molecular flexibility index (Phi) is 4.15. The molecule has 4 nitrogen and oxygen atoms in total. The van der Waals surface area contributed by atoms with Crippen LogP contribution < -0.4 is 10.0 Å². The lowest BCUT2D eigenvalue weighted by Gasteiger charge is -2.27. The van der Waals surface area contributed by atoms with Gasteiger partial charge in [-0.15, -0.1) is 0 Å². The molecule has 1 saturated heterocycles. The Morgan fingerprint density at radius 2 is 2.00 bits per heavy atom. The van der Waals surface area contributed by atoms with E-state index in [1.54, 1.807) is 0 Å². The SMILES string of the molecule is O=S(=O)(CCC1CCN1)NCc1ccccc1. The molecule has 1 heterocycles. The highest BCUT2D eigenvalue weighted by Crippen LogP contribution is 2.08. The van der Waals surface area contributed by atoms with Gasteiger partial charge in [0.15, 0.2) is 0 Å². The molecule has 0 spiro atoms. The van der Waals surface area contributed by atoms with Gasteiger partial charge in [-0.2, -0.15) is 0 Å². The van der Waals surface area contributed by atoms with Crippen molar-refractivity contribution in [2.24, 2.45) is 0 Å². The van der Waals surface area contributed by atoms with Crippen molar-refractivity contribution < 1.29 is 8.42 Å². The van der Waals surface area contributed by atoms with Crippen LogP contribution in [0.5, 0.6) is 0 Å². The van der Waals surface area contributed by atoms with Gasteiger partial charge in [-0.05, 0) is 24.9 Å². The number of nitrogens with one attached hydrogen (secondary N) is 2. The summed E-state index contributed by atoms with van der Waals surface area (Å²) in [6.45, 7) is 1.39. The third kappa shape index (κ3) is 4.11. The van der Waals surface area contributed by atoms with Gasteiger partial charge in [0.25, 0.3) is 0 Å². The van der Waals surface area contributed by atoms with E-state index in [2.05, 4.69) is 10.0 Å². The predicted molar refractivity (Wildman–Crippen MR) is 68.1 cm³/mol. The van der Waals surface area contributed by atoms with Gasteiger partial charge in [-0.3, -0.25) is 0 Å². The molecule has 2 rings (SSSR count). The van der Waals surface area contributed by atoms with E-state index in [1.165, 1.54) is 0 Å². The van der Waals surface area contributed by atoms with Crippen LogP contribution in [0.15, 0.2) is 30.3 Å². The van der Waals surface area contributed by atoms with E-state index in [9.17, 15) is 8.42 Å². The largest absolute Gasteiger partial charge is 0.314 e. The Morgan fingerprint density at radius 1 is 1.29 bits per heavy atom. The lowest BCUT2D eigenvalue weighted by molar-refractivity contribution is 0.361. The van der Waals surface area contributed by atoms with Gasteiger partial charge in [0.2, 0.25) is 10.0 Å². The van der Waals surface area contributed by atoms with Crippen LogP contribution in [-0.4, -0.2) is 26.8 Å². The third-order valence-corrected chi connectivity index (χ3v) is 4.36. The molecule has 1 fully saturated rings. The van der Waals surface area contributed by atoms with Crippen molar-refractivity contribution in [3.8, 4) is 0 Å². The second-order valence-corrected chi connectivity index (χ2v) is 6.28. The maximum absolute atomic E-state index is 11.7. The van der Waals surface area contributed by atoms with E-state index >= 15 is 0 Å². The molecule has 2 N–H and O–H groups in total. The summed E-state index contributed by atoms with van der Waals surface area (Å²) in [5.74, 6) is 0.206. The summed E-state index contributed by atoms with van der Waals surface area (Å²) in [4.78, 5) is 0. The van der Waals surface area contributed by atoms with E-state index in [0.29, 0.717) is 19.0 Å². The van der Waals surface area contributed by atoms with Crippen molar-refractivity contribution in [2.75, 3.05) is 12.3 Å². The highest BCUT2D eigenvalue weighted by molar-refractivity contribution is 7.89. The topological polar surface area (TPSA) is 58.2 Å². The predicted octanol–water partition coefficient (Wildman–Crippen LogP) is 0.858. The quantitative estimate of drug-likeness (QED) is 0.791. The average Bonchev–Trinajstić information content (AvgIpc) is 2.26. The van der Waals surface area contributed by atoms with Crippen LogP contribution in [0.2, 0.25) is 0 Å². The van der Waals surface area contributed by atoms with Crippen LogP contribution >= 0.6 is 0 Å². The summed E-state index contributed by atoms with van der Waals surface area (Å²) >= 11 is 0. The molecule has 5 heteroatoms. The lowest BCUT2D eigenvalue weighted by Crippen LogP contribution is -2.44. The number of sulfonamides is 1. The first kappa shape index (κ1) is 12.5. The van der Waals surface area contributed by atoms with Crippen molar-refractivity contribution in [2.45, 2.75) is 25.4 Å². The minimum atomic E-state index is -3.14. The molecule has 1 atom stereocenters. The van der Waals surface area contributed by atoms with Gasteiger partial charge >= 0.3 is 0 Å².